The molecule has 2 rings (SSSR count). The summed E-state index contributed by atoms with van der Waals surface area (Å²) in [6.07, 6.45) is 4.93. The Morgan fingerprint density at radius 1 is 1.53 bits per heavy atom. The standard InChI is InChI=1S/C12H18N4O/c1-9-4-2-3-7-16(9)12(17)11-6-5-10(15-13)8-14-11/h5-6,8-9,15H,2-4,7,13H2,1H3. The van der Waals surface area contributed by atoms with Gasteiger partial charge in [-0.15, -0.1) is 0 Å². The van der Waals surface area contributed by atoms with Gasteiger partial charge in [-0.05, 0) is 38.3 Å². The minimum absolute atomic E-state index is 0.0146. The molecule has 1 aliphatic rings. The molecule has 1 aromatic rings. The second-order valence-corrected chi connectivity index (χ2v) is 4.42. The molecule has 1 fully saturated rings. The molecule has 1 aromatic heterocycles. The first-order valence-corrected chi connectivity index (χ1v) is 5.96. The van der Waals surface area contributed by atoms with E-state index in [0.717, 1.165) is 19.4 Å². The third-order valence-corrected chi connectivity index (χ3v) is 3.21. The summed E-state index contributed by atoms with van der Waals surface area (Å²) < 4.78 is 0. The molecule has 0 spiro atoms. The molecule has 0 radical (unpaired) electrons. The molecule has 0 bridgehead atoms. The van der Waals surface area contributed by atoms with Crippen LogP contribution in [0.2, 0.25) is 0 Å². The lowest BCUT2D eigenvalue weighted by Gasteiger charge is -2.33. The first-order chi connectivity index (χ1) is 8.22. The molecule has 1 amide bonds. The van der Waals surface area contributed by atoms with Crippen molar-refractivity contribution >= 4 is 11.6 Å². The average molecular weight is 234 g/mol. The van der Waals surface area contributed by atoms with Gasteiger partial charge in [0.05, 0.1) is 11.9 Å². The zero-order valence-electron chi connectivity index (χ0n) is 10.0. The third-order valence-electron chi connectivity index (χ3n) is 3.21. The molecular weight excluding hydrogens is 216 g/mol. The first-order valence-electron chi connectivity index (χ1n) is 5.96. The fourth-order valence-corrected chi connectivity index (χ4v) is 2.15. The van der Waals surface area contributed by atoms with E-state index < -0.39 is 0 Å². The zero-order chi connectivity index (χ0) is 12.3. The molecule has 0 saturated carbocycles. The van der Waals surface area contributed by atoms with E-state index in [-0.39, 0.29) is 5.91 Å². The number of carbonyl (C=O) groups excluding carboxylic acids is 1. The topological polar surface area (TPSA) is 71.2 Å². The summed E-state index contributed by atoms with van der Waals surface area (Å²) in [5, 5.41) is 0. The number of aromatic nitrogens is 1. The van der Waals surface area contributed by atoms with Crippen molar-refractivity contribution in [3.63, 3.8) is 0 Å². The van der Waals surface area contributed by atoms with Crippen molar-refractivity contribution in [1.82, 2.24) is 9.88 Å². The lowest BCUT2D eigenvalue weighted by Crippen LogP contribution is -2.42. The second kappa shape index (κ2) is 5.14. The van der Waals surface area contributed by atoms with Gasteiger partial charge in [-0.2, -0.15) is 0 Å². The molecule has 0 aromatic carbocycles. The minimum atomic E-state index is 0.0146. The number of nitrogens with two attached hydrogens (primary N) is 1. The molecular formula is C12H18N4O. The van der Waals surface area contributed by atoms with Gasteiger partial charge in [-0.3, -0.25) is 10.6 Å². The molecule has 1 atom stereocenters. The SMILES string of the molecule is CC1CCCCN1C(=O)c1ccc(NN)cn1. The quantitative estimate of drug-likeness (QED) is 0.599. The lowest BCUT2D eigenvalue weighted by atomic mass is 10.0. The number of rotatable bonds is 2. The Hall–Kier alpha value is -1.62. The lowest BCUT2D eigenvalue weighted by molar-refractivity contribution is 0.0629. The van der Waals surface area contributed by atoms with E-state index in [4.69, 9.17) is 5.84 Å². The number of likely N-dealkylation sites (tertiary alicyclic amines) is 1. The number of amides is 1. The van der Waals surface area contributed by atoms with Gasteiger partial charge in [-0.1, -0.05) is 0 Å². The molecule has 2 heterocycles. The van der Waals surface area contributed by atoms with Crippen molar-refractivity contribution in [3.05, 3.63) is 24.0 Å². The maximum atomic E-state index is 12.2. The summed E-state index contributed by atoms with van der Waals surface area (Å²) in [5.41, 5.74) is 3.68. The van der Waals surface area contributed by atoms with Crippen molar-refractivity contribution in [2.24, 2.45) is 5.84 Å². The van der Waals surface area contributed by atoms with Crippen LogP contribution in [0.15, 0.2) is 18.3 Å². The highest BCUT2D eigenvalue weighted by atomic mass is 16.2. The average Bonchev–Trinajstić information content (AvgIpc) is 2.39. The van der Waals surface area contributed by atoms with Crippen LogP contribution in [0.25, 0.3) is 0 Å². The van der Waals surface area contributed by atoms with Crippen LogP contribution in [0.4, 0.5) is 5.69 Å². The summed E-state index contributed by atoms with van der Waals surface area (Å²) >= 11 is 0. The summed E-state index contributed by atoms with van der Waals surface area (Å²) in [6.45, 7) is 2.92. The van der Waals surface area contributed by atoms with E-state index in [2.05, 4.69) is 17.3 Å². The first kappa shape index (κ1) is 11.9. The van der Waals surface area contributed by atoms with Gasteiger partial charge in [0.2, 0.25) is 0 Å². The Morgan fingerprint density at radius 2 is 2.35 bits per heavy atom. The van der Waals surface area contributed by atoms with Crippen LogP contribution < -0.4 is 11.3 Å². The Morgan fingerprint density at radius 3 is 2.94 bits per heavy atom. The molecule has 5 heteroatoms. The van der Waals surface area contributed by atoms with E-state index in [1.54, 1.807) is 18.3 Å². The van der Waals surface area contributed by atoms with Crippen LogP contribution in [0, 0.1) is 0 Å². The van der Waals surface area contributed by atoms with Crippen molar-refractivity contribution in [2.75, 3.05) is 12.0 Å². The molecule has 3 N–H and O–H groups in total. The van der Waals surface area contributed by atoms with Gasteiger partial charge in [0.25, 0.3) is 5.91 Å². The zero-order valence-corrected chi connectivity index (χ0v) is 10.0. The molecule has 1 aliphatic heterocycles. The number of piperidine rings is 1. The van der Waals surface area contributed by atoms with Crippen LogP contribution >= 0.6 is 0 Å². The Bertz CT molecular complexity index is 390. The molecule has 1 saturated heterocycles. The minimum Gasteiger partial charge on any atom is -0.335 e. The van der Waals surface area contributed by atoms with Crippen molar-refractivity contribution in [3.8, 4) is 0 Å². The highest BCUT2D eigenvalue weighted by molar-refractivity contribution is 5.92. The fourth-order valence-electron chi connectivity index (χ4n) is 2.15. The summed E-state index contributed by atoms with van der Waals surface area (Å²) in [7, 11) is 0. The van der Waals surface area contributed by atoms with E-state index >= 15 is 0 Å². The predicted molar refractivity (Wildman–Crippen MR) is 66.4 cm³/mol. The highest BCUT2D eigenvalue weighted by Gasteiger charge is 2.24. The van der Waals surface area contributed by atoms with E-state index in [1.165, 1.54) is 6.42 Å². The molecule has 17 heavy (non-hydrogen) atoms. The number of nitrogens with one attached hydrogen (secondary N) is 1. The van der Waals surface area contributed by atoms with Crippen LogP contribution in [0.1, 0.15) is 36.7 Å². The summed E-state index contributed by atoms with van der Waals surface area (Å²) in [6, 6.07) is 3.78. The molecule has 5 nitrogen and oxygen atoms in total. The predicted octanol–water partition coefficient (Wildman–Crippen LogP) is 1.38. The Balaban J connectivity index is 2.12. The second-order valence-electron chi connectivity index (χ2n) is 4.42. The van der Waals surface area contributed by atoms with Gasteiger partial charge in [0.1, 0.15) is 5.69 Å². The Labute approximate surface area is 101 Å². The maximum absolute atomic E-state index is 12.2. The summed E-state index contributed by atoms with van der Waals surface area (Å²) in [5.74, 6) is 5.27. The van der Waals surface area contributed by atoms with Crippen molar-refractivity contribution in [2.45, 2.75) is 32.2 Å². The molecule has 0 aliphatic carbocycles. The van der Waals surface area contributed by atoms with Gasteiger partial charge >= 0.3 is 0 Å². The number of nitrogens with zero attached hydrogens (tertiary/aromatic N) is 2. The number of pyridine rings is 1. The van der Waals surface area contributed by atoms with Gasteiger partial charge in [-0.25, -0.2) is 4.98 Å². The number of hydrazine groups is 1. The fraction of sp³-hybridized carbons (Fsp3) is 0.500. The van der Waals surface area contributed by atoms with Crippen LogP contribution in [-0.2, 0) is 0 Å². The van der Waals surface area contributed by atoms with Crippen molar-refractivity contribution < 1.29 is 4.79 Å². The van der Waals surface area contributed by atoms with Crippen molar-refractivity contribution in [1.29, 1.82) is 0 Å². The molecule has 1 unspecified atom stereocenters. The smallest absolute Gasteiger partial charge is 0.272 e. The number of anilines is 1. The normalized spacial score (nSPS) is 20.1. The maximum Gasteiger partial charge on any atom is 0.272 e. The van der Waals surface area contributed by atoms with Crippen LogP contribution in [0.3, 0.4) is 0 Å². The van der Waals surface area contributed by atoms with E-state index in [0.29, 0.717) is 17.4 Å². The number of carbonyl (C=O) groups is 1. The highest BCUT2D eigenvalue weighted by Crippen LogP contribution is 2.18. The number of nitrogen functional groups attached to an aromatic ring is 1. The van der Waals surface area contributed by atoms with Crippen LogP contribution in [-0.4, -0.2) is 28.4 Å². The number of hydrogen-bond acceptors (Lipinski definition) is 4. The van der Waals surface area contributed by atoms with E-state index in [1.807, 2.05) is 4.90 Å². The number of hydrogen-bond donors (Lipinski definition) is 2. The molecule has 92 valence electrons. The van der Waals surface area contributed by atoms with Gasteiger partial charge in [0, 0.05) is 12.6 Å². The van der Waals surface area contributed by atoms with E-state index in [9.17, 15) is 4.79 Å². The third kappa shape index (κ3) is 2.55. The Kier molecular flexibility index (Phi) is 3.58. The van der Waals surface area contributed by atoms with Gasteiger partial charge < -0.3 is 10.3 Å². The largest absolute Gasteiger partial charge is 0.335 e. The summed E-state index contributed by atoms with van der Waals surface area (Å²) in [4.78, 5) is 18.3. The van der Waals surface area contributed by atoms with Gasteiger partial charge in [0.15, 0.2) is 0 Å². The monoisotopic (exact) mass is 234 g/mol. The van der Waals surface area contributed by atoms with Crippen LogP contribution in [0.5, 0.6) is 0 Å².